The van der Waals surface area contributed by atoms with Gasteiger partial charge >= 0.3 is 0 Å². The molecule has 1 aromatic heterocycles. The fourth-order valence-corrected chi connectivity index (χ4v) is 9.64. The topological polar surface area (TPSA) is 25.2 Å². The summed E-state index contributed by atoms with van der Waals surface area (Å²) in [5, 5.41) is 7.06. The summed E-state index contributed by atoms with van der Waals surface area (Å²) < 4.78 is 0. The van der Waals surface area contributed by atoms with Crippen LogP contribution in [0.5, 0.6) is 0 Å². The Kier molecular flexibility index (Phi) is 9.28. The van der Waals surface area contributed by atoms with Gasteiger partial charge in [-0.3, -0.25) is 9.98 Å². The first-order valence-corrected chi connectivity index (χ1v) is 17.1. The van der Waals surface area contributed by atoms with E-state index in [0.717, 1.165) is 28.5 Å². The van der Waals surface area contributed by atoms with Crippen LogP contribution in [0.4, 0.5) is 5.69 Å². The molecule has 2 nitrogen and oxygen atoms in total. The molecule has 0 aliphatic heterocycles. The Bertz CT molecular complexity index is 1680. The van der Waals surface area contributed by atoms with Crippen LogP contribution in [-0.2, 0) is 6.16 Å². The average molecular weight is 599 g/mol. The van der Waals surface area contributed by atoms with E-state index in [1.807, 2.05) is 24.4 Å². The molecule has 6 rings (SSSR count). The molecule has 0 spiro atoms. The van der Waals surface area contributed by atoms with E-state index >= 15 is 0 Å². The number of nitrogens with zero attached hydrogens (tertiary/aromatic N) is 2. The Morgan fingerprint density at radius 3 is 1.64 bits per heavy atom. The van der Waals surface area contributed by atoms with Gasteiger partial charge in [-0.1, -0.05) is 145 Å². The van der Waals surface area contributed by atoms with E-state index in [1.165, 1.54) is 21.2 Å². The minimum Gasteiger partial charge on any atom is -0.254 e. The molecule has 0 radical (unpaired) electrons. The number of aromatic nitrogens is 1. The van der Waals surface area contributed by atoms with Crippen molar-refractivity contribution in [1.29, 1.82) is 0 Å². The third-order valence-corrected chi connectivity index (χ3v) is 12.0. The molecule has 0 N–H and O–H groups in total. The first-order chi connectivity index (χ1) is 20.7. The molecule has 42 heavy (non-hydrogen) atoms. The van der Waals surface area contributed by atoms with Crippen LogP contribution in [0.15, 0.2) is 163 Å². The molecular weight excluding hydrogens is 570 g/mol. The summed E-state index contributed by atoms with van der Waals surface area (Å²) in [4.78, 5) is 10.0. The van der Waals surface area contributed by atoms with Gasteiger partial charge in [-0.05, 0) is 61.3 Å². The van der Waals surface area contributed by atoms with Crippen molar-refractivity contribution in [3.8, 4) is 0 Å². The van der Waals surface area contributed by atoms with Crippen molar-refractivity contribution in [2.24, 2.45) is 4.99 Å². The zero-order valence-corrected chi connectivity index (χ0v) is 25.5. The van der Waals surface area contributed by atoms with Crippen molar-refractivity contribution >= 4 is 65.9 Å². The smallest absolute Gasteiger partial charge is 0.0816 e. The van der Waals surface area contributed by atoms with Crippen LogP contribution in [0.25, 0.3) is 0 Å². The molecule has 5 heteroatoms. The van der Waals surface area contributed by atoms with E-state index in [4.69, 9.17) is 21.6 Å². The number of aliphatic imine (C=N–C) groups is 1. The lowest BCUT2D eigenvalue weighted by Gasteiger charge is -2.21. The van der Waals surface area contributed by atoms with Gasteiger partial charge in [0, 0.05) is 22.2 Å². The predicted octanol–water partition coefficient (Wildman–Crippen LogP) is 7.88. The second-order valence-corrected chi connectivity index (χ2v) is 14.5. The van der Waals surface area contributed by atoms with Crippen LogP contribution >= 0.6 is 27.4 Å². The number of rotatable bonds is 9. The standard InChI is InChI=1S/C37H29ClN2P2/c38-29-24-25-37(42(34-20-9-3-10-21-34)35-22-11-4-12-23-35)36(26-29)39-27-30-14-13-15-31(40-30)28-41(32-16-5-1-6-17-32)33-18-7-2-8-19-33/h1-27H,28H2. The van der Waals surface area contributed by atoms with Crippen LogP contribution in [-0.4, -0.2) is 11.2 Å². The zero-order chi connectivity index (χ0) is 28.6. The minimum absolute atomic E-state index is 0.584. The van der Waals surface area contributed by atoms with E-state index in [0.29, 0.717) is 5.02 Å². The summed E-state index contributed by atoms with van der Waals surface area (Å²) in [6.07, 6.45) is 2.73. The van der Waals surface area contributed by atoms with Crippen molar-refractivity contribution in [3.05, 3.63) is 174 Å². The van der Waals surface area contributed by atoms with Gasteiger partial charge in [0.1, 0.15) is 0 Å². The van der Waals surface area contributed by atoms with Gasteiger partial charge in [0.05, 0.1) is 17.6 Å². The lowest BCUT2D eigenvalue weighted by Crippen LogP contribution is -2.20. The molecule has 0 fully saturated rings. The largest absolute Gasteiger partial charge is 0.254 e. The molecule has 0 aliphatic rings. The summed E-state index contributed by atoms with van der Waals surface area (Å²) in [5.74, 6) is 0. The Morgan fingerprint density at radius 2 is 1.10 bits per heavy atom. The van der Waals surface area contributed by atoms with Gasteiger partial charge in [-0.25, -0.2) is 0 Å². The SMILES string of the molecule is Clc1ccc(P(c2ccccc2)c2ccccc2)c(N=Cc2cccc(CP(c3ccccc3)c3ccccc3)n2)c1. The molecule has 0 unspecified atom stereocenters. The van der Waals surface area contributed by atoms with Crippen molar-refractivity contribution < 1.29 is 0 Å². The molecular formula is C37H29ClN2P2. The van der Waals surface area contributed by atoms with Crippen LogP contribution < -0.4 is 26.5 Å². The van der Waals surface area contributed by atoms with Crippen molar-refractivity contribution in [2.45, 2.75) is 6.16 Å². The van der Waals surface area contributed by atoms with Gasteiger partial charge in [0.15, 0.2) is 0 Å². The van der Waals surface area contributed by atoms with Crippen molar-refractivity contribution in [2.75, 3.05) is 0 Å². The van der Waals surface area contributed by atoms with Gasteiger partial charge in [-0.15, -0.1) is 0 Å². The third kappa shape index (κ3) is 6.92. The first kappa shape index (κ1) is 28.2. The average Bonchev–Trinajstić information content (AvgIpc) is 3.06. The molecule has 0 saturated carbocycles. The number of halogens is 1. The molecule has 0 atom stereocenters. The Balaban J connectivity index is 1.33. The highest BCUT2D eigenvalue weighted by Gasteiger charge is 2.20. The van der Waals surface area contributed by atoms with E-state index in [-0.39, 0.29) is 0 Å². The normalized spacial score (nSPS) is 11.4. The summed E-state index contributed by atoms with van der Waals surface area (Å²) in [6.45, 7) is 0. The van der Waals surface area contributed by atoms with E-state index in [2.05, 4.69) is 140 Å². The second kappa shape index (κ2) is 13.8. The molecule has 204 valence electrons. The highest BCUT2D eigenvalue weighted by Crippen LogP contribution is 2.38. The minimum atomic E-state index is -0.819. The molecule has 0 aliphatic carbocycles. The quantitative estimate of drug-likeness (QED) is 0.123. The van der Waals surface area contributed by atoms with Crippen LogP contribution in [0.3, 0.4) is 0 Å². The summed E-state index contributed by atoms with van der Waals surface area (Å²) in [7, 11) is -1.40. The van der Waals surface area contributed by atoms with Crippen LogP contribution in [0.2, 0.25) is 5.02 Å². The maximum absolute atomic E-state index is 6.51. The van der Waals surface area contributed by atoms with Crippen LogP contribution in [0.1, 0.15) is 11.4 Å². The van der Waals surface area contributed by atoms with Crippen molar-refractivity contribution in [3.63, 3.8) is 0 Å². The highest BCUT2D eigenvalue weighted by molar-refractivity contribution is 7.80. The molecule has 5 aromatic carbocycles. The summed E-state index contributed by atoms with van der Waals surface area (Å²) in [6, 6.07) is 55.1. The fraction of sp³-hybridized carbons (Fsp3) is 0.0270. The van der Waals surface area contributed by atoms with E-state index < -0.39 is 15.8 Å². The maximum atomic E-state index is 6.51. The second-order valence-electron chi connectivity index (χ2n) is 9.71. The number of benzene rings is 5. The lowest BCUT2D eigenvalue weighted by atomic mass is 10.3. The van der Waals surface area contributed by atoms with Gasteiger partial charge in [0.2, 0.25) is 0 Å². The van der Waals surface area contributed by atoms with Gasteiger partial charge in [0.25, 0.3) is 0 Å². The van der Waals surface area contributed by atoms with Gasteiger partial charge < -0.3 is 0 Å². The number of pyridine rings is 1. The Hall–Kier alpha value is -3.93. The van der Waals surface area contributed by atoms with Gasteiger partial charge in [-0.2, -0.15) is 0 Å². The molecule has 6 aromatic rings. The Morgan fingerprint density at radius 1 is 0.571 bits per heavy atom. The number of hydrogen-bond donors (Lipinski definition) is 0. The molecule has 0 amide bonds. The highest BCUT2D eigenvalue weighted by atomic mass is 35.5. The van der Waals surface area contributed by atoms with Crippen LogP contribution in [0, 0.1) is 0 Å². The van der Waals surface area contributed by atoms with E-state index in [1.54, 1.807) is 0 Å². The zero-order valence-electron chi connectivity index (χ0n) is 23.0. The molecule has 0 saturated heterocycles. The third-order valence-electron chi connectivity index (χ3n) is 6.83. The maximum Gasteiger partial charge on any atom is 0.0816 e. The molecule has 1 heterocycles. The monoisotopic (exact) mass is 598 g/mol. The molecule has 0 bridgehead atoms. The summed E-state index contributed by atoms with van der Waals surface area (Å²) in [5.41, 5.74) is 2.75. The van der Waals surface area contributed by atoms with Crippen molar-refractivity contribution in [1.82, 2.24) is 4.98 Å². The predicted molar refractivity (Wildman–Crippen MR) is 184 cm³/mol. The fourth-order valence-electron chi connectivity index (χ4n) is 4.87. The first-order valence-electron chi connectivity index (χ1n) is 13.8. The summed E-state index contributed by atoms with van der Waals surface area (Å²) >= 11 is 6.51. The lowest BCUT2D eigenvalue weighted by molar-refractivity contribution is 1.16. The van der Waals surface area contributed by atoms with E-state index in [9.17, 15) is 0 Å². The number of hydrogen-bond acceptors (Lipinski definition) is 2. The Labute approximate surface area is 255 Å².